The third-order valence-electron chi connectivity index (χ3n) is 5.89. The Bertz CT molecular complexity index is 1110. The number of carbonyl (C=O) groups is 1. The van der Waals surface area contributed by atoms with Crippen molar-refractivity contribution < 1.29 is 9.18 Å². The lowest BCUT2D eigenvalue weighted by atomic mass is 9.95. The lowest BCUT2D eigenvalue weighted by Crippen LogP contribution is -2.45. The first kappa shape index (κ1) is 21.2. The quantitative estimate of drug-likeness (QED) is 0.610. The van der Waals surface area contributed by atoms with Gasteiger partial charge in [0.05, 0.1) is 0 Å². The molecule has 0 aliphatic heterocycles. The maximum absolute atomic E-state index is 13.5. The molecule has 1 aromatic heterocycles. The van der Waals surface area contributed by atoms with Gasteiger partial charge in [-0.15, -0.1) is 10.2 Å². The Morgan fingerprint density at radius 2 is 1.71 bits per heavy atom. The molecule has 0 radical (unpaired) electrons. The SMILES string of the molecule is CC(C)(C)c1nncn1-c1cc(C(=O)NC(C)(C)C2CC2)cc(-c2ccc(F)cc2)c1. The van der Waals surface area contributed by atoms with E-state index < -0.39 is 0 Å². The number of rotatable bonds is 5. The highest BCUT2D eigenvalue weighted by Crippen LogP contribution is 2.39. The van der Waals surface area contributed by atoms with Crippen molar-refractivity contribution in [3.63, 3.8) is 0 Å². The summed E-state index contributed by atoms with van der Waals surface area (Å²) in [5, 5.41) is 11.6. The summed E-state index contributed by atoms with van der Waals surface area (Å²) >= 11 is 0. The van der Waals surface area contributed by atoms with Gasteiger partial charge in [-0.05, 0) is 74.1 Å². The van der Waals surface area contributed by atoms with Crippen molar-refractivity contribution in [3.05, 3.63) is 66.0 Å². The van der Waals surface area contributed by atoms with Crippen molar-refractivity contribution in [3.8, 4) is 16.8 Å². The summed E-state index contributed by atoms with van der Waals surface area (Å²) in [6.07, 6.45) is 3.95. The number of amides is 1. The summed E-state index contributed by atoms with van der Waals surface area (Å²) in [5.41, 5.74) is 2.55. The van der Waals surface area contributed by atoms with Crippen LogP contribution in [0.4, 0.5) is 4.39 Å². The first-order valence-corrected chi connectivity index (χ1v) is 10.7. The fourth-order valence-electron chi connectivity index (χ4n) is 3.90. The third kappa shape index (κ3) is 4.53. The molecule has 1 heterocycles. The summed E-state index contributed by atoms with van der Waals surface area (Å²) in [4.78, 5) is 13.2. The number of halogens is 1. The normalized spacial score (nSPS) is 14.5. The Labute approximate surface area is 182 Å². The smallest absolute Gasteiger partial charge is 0.251 e. The molecule has 1 amide bonds. The molecule has 1 fully saturated rings. The van der Waals surface area contributed by atoms with Crippen molar-refractivity contribution in [2.24, 2.45) is 5.92 Å². The van der Waals surface area contributed by atoms with Gasteiger partial charge in [0.15, 0.2) is 0 Å². The van der Waals surface area contributed by atoms with E-state index in [0.717, 1.165) is 35.5 Å². The molecular weight excluding hydrogens is 391 g/mol. The molecule has 0 spiro atoms. The van der Waals surface area contributed by atoms with E-state index >= 15 is 0 Å². The zero-order chi connectivity index (χ0) is 22.4. The van der Waals surface area contributed by atoms with Gasteiger partial charge >= 0.3 is 0 Å². The van der Waals surface area contributed by atoms with Crippen LogP contribution in [0.1, 0.15) is 63.6 Å². The number of carbonyl (C=O) groups excluding carboxylic acids is 1. The fourth-order valence-corrected chi connectivity index (χ4v) is 3.90. The van der Waals surface area contributed by atoms with Gasteiger partial charge in [-0.25, -0.2) is 4.39 Å². The van der Waals surface area contributed by atoms with E-state index in [1.54, 1.807) is 18.5 Å². The molecule has 4 rings (SSSR count). The van der Waals surface area contributed by atoms with Gasteiger partial charge in [-0.1, -0.05) is 32.9 Å². The van der Waals surface area contributed by atoms with Crippen molar-refractivity contribution in [1.82, 2.24) is 20.1 Å². The highest BCUT2D eigenvalue weighted by Gasteiger charge is 2.39. The van der Waals surface area contributed by atoms with Crippen LogP contribution in [0.5, 0.6) is 0 Å². The summed E-state index contributed by atoms with van der Waals surface area (Å²) in [6.45, 7) is 10.4. The topological polar surface area (TPSA) is 59.8 Å². The van der Waals surface area contributed by atoms with Gasteiger partial charge < -0.3 is 5.32 Å². The molecule has 0 atom stereocenters. The van der Waals surface area contributed by atoms with Gasteiger partial charge in [-0.2, -0.15) is 0 Å². The van der Waals surface area contributed by atoms with Gasteiger partial charge in [-0.3, -0.25) is 9.36 Å². The number of nitrogens with one attached hydrogen (secondary N) is 1. The average molecular weight is 421 g/mol. The van der Waals surface area contributed by atoms with Crippen molar-refractivity contribution in [2.75, 3.05) is 0 Å². The molecule has 31 heavy (non-hydrogen) atoms. The molecule has 5 nitrogen and oxygen atoms in total. The summed E-state index contributed by atoms with van der Waals surface area (Å²) < 4.78 is 15.4. The van der Waals surface area contributed by atoms with Crippen LogP contribution in [0.3, 0.4) is 0 Å². The number of aromatic nitrogens is 3. The van der Waals surface area contributed by atoms with Crippen LogP contribution < -0.4 is 5.32 Å². The lowest BCUT2D eigenvalue weighted by Gasteiger charge is -2.26. The number of nitrogens with zero attached hydrogens (tertiary/aromatic N) is 3. The molecule has 1 aliphatic carbocycles. The predicted octanol–water partition coefficient (Wildman–Crippen LogP) is 5.29. The molecule has 0 unspecified atom stereocenters. The van der Waals surface area contributed by atoms with Gasteiger partial charge in [0.1, 0.15) is 18.0 Å². The van der Waals surface area contributed by atoms with Crippen LogP contribution in [0.25, 0.3) is 16.8 Å². The lowest BCUT2D eigenvalue weighted by molar-refractivity contribution is 0.0903. The third-order valence-corrected chi connectivity index (χ3v) is 5.89. The first-order chi connectivity index (χ1) is 14.5. The highest BCUT2D eigenvalue weighted by molar-refractivity contribution is 5.96. The Morgan fingerprint density at radius 1 is 1.03 bits per heavy atom. The summed E-state index contributed by atoms with van der Waals surface area (Å²) in [7, 11) is 0. The zero-order valence-electron chi connectivity index (χ0n) is 18.7. The number of hydrogen-bond donors (Lipinski definition) is 1. The molecule has 6 heteroatoms. The number of hydrogen-bond acceptors (Lipinski definition) is 3. The van der Waals surface area contributed by atoms with E-state index in [1.807, 2.05) is 22.8 Å². The Balaban J connectivity index is 1.80. The minimum Gasteiger partial charge on any atom is -0.347 e. The molecule has 162 valence electrons. The van der Waals surface area contributed by atoms with Crippen molar-refractivity contribution >= 4 is 5.91 Å². The van der Waals surface area contributed by atoms with Crippen LogP contribution in [0, 0.1) is 11.7 Å². The van der Waals surface area contributed by atoms with Gasteiger partial charge in [0.2, 0.25) is 0 Å². The second-order valence-corrected chi connectivity index (χ2v) is 10.0. The summed E-state index contributed by atoms with van der Waals surface area (Å²) in [6, 6.07) is 12.0. The Kier molecular flexibility index (Phi) is 5.20. The molecule has 1 N–H and O–H groups in total. The maximum Gasteiger partial charge on any atom is 0.251 e. The molecular formula is C25H29FN4O. The van der Waals surface area contributed by atoms with Crippen LogP contribution >= 0.6 is 0 Å². The molecule has 0 bridgehead atoms. The summed E-state index contributed by atoms with van der Waals surface area (Å²) in [5.74, 6) is 0.903. The predicted molar refractivity (Wildman–Crippen MR) is 120 cm³/mol. The van der Waals surface area contributed by atoms with Gasteiger partial charge in [0, 0.05) is 22.2 Å². The van der Waals surface area contributed by atoms with E-state index in [9.17, 15) is 9.18 Å². The minimum atomic E-state index is -0.294. The minimum absolute atomic E-state index is 0.118. The van der Waals surface area contributed by atoms with E-state index in [1.165, 1.54) is 12.1 Å². The maximum atomic E-state index is 13.5. The average Bonchev–Trinajstić information content (AvgIpc) is 3.44. The van der Waals surface area contributed by atoms with E-state index in [0.29, 0.717) is 11.5 Å². The van der Waals surface area contributed by atoms with Crippen LogP contribution in [-0.4, -0.2) is 26.2 Å². The molecule has 0 saturated heterocycles. The van der Waals surface area contributed by atoms with Crippen LogP contribution in [0.2, 0.25) is 0 Å². The zero-order valence-corrected chi connectivity index (χ0v) is 18.7. The van der Waals surface area contributed by atoms with Crippen molar-refractivity contribution in [2.45, 2.75) is 58.4 Å². The monoisotopic (exact) mass is 420 g/mol. The second-order valence-electron chi connectivity index (χ2n) is 10.0. The molecule has 2 aromatic carbocycles. The van der Waals surface area contributed by atoms with E-state index in [2.05, 4.69) is 50.1 Å². The van der Waals surface area contributed by atoms with Crippen LogP contribution in [-0.2, 0) is 5.41 Å². The Hall–Kier alpha value is -3.02. The standard InChI is InChI=1S/C25H29FN4O/c1-24(2,3)23-29-27-15-30(23)21-13-17(16-6-10-20(26)11-7-16)12-18(14-21)22(31)28-25(4,5)19-8-9-19/h6-7,10-15,19H,8-9H2,1-5H3,(H,28,31). The van der Waals surface area contributed by atoms with Gasteiger partial charge in [0.25, 0.3) is 5.91 Å². The highest BCUT2D eigenvalue weighted by atomic mass is 19.1. The van der Waals surface area contributed by atoms with Crippen molar-refractivity contribution in [1.29, 1.82) is 0 Å². The second kappa shape index (κ2) is 7.59. The Morgan fingerprint density at radius 3 is 2.32 bits per heavy atom. The largest absolute Gasteiger partial charge is 0.347 e. The first-order valence-electron chi connectivity index (χ1n) is 10.7. The van der Waals surface area contributed by atoms with E-state index in [-0.39, 0.29) is 22.7 Å². The molecule has 3 aromatic rings. The fraction of sp³-hybridized carbons (Fsp3) is 0.400. The van der Waals surface area contributed by atoms with Crippen LogP contribution in [0.15, 0.2) is 48.8 Å². The number of benzene rings is 2. The van der Waals surface area contributed by atoms with E-state index in [4.69, 9.17) is 0 Å². The molecule has 1 saturated carbocycles. The molecule has 1 aliphatic rings.